The van der Waals surface area contributed by atoms with Gasteiger partial charge in [-0.15, -0.1) is 0 Å². The minimum Gasteiger partial charge on any atom is -0.481 e. The van der Waals surface area contributed by atoms with E-state index < -0.39 is 5.97 Å². The molecule has 2 amide bonds. The second-order valence-electron chi connectivity index (χ2n) is 5.60. The molecule has 0 aliphatic heterocycles. The highest BCUT2D eigenvalue weighted by molar-refractivity contribution is 5.75. The first-order valence-corrected chi connectivity index (χ1v) is 7.86. The molecule has 1 fully saturated rings. The van der Waals surface area contributed by atoms with Gasteiger partial charge in [0.15, 0.2) is 0 Å². The third-order valence-electron chi connectivity index (χ3n) is 3.80. The first-order chi connectivity index (χ1) is 11.6. The van der Waals surface area contributed by atoms with Crippen LogP contribution in [0.15, 0.2) is 18.3 Å². The largest absolute Gasteiger partial charge is 0.481 e. The van der Waals surface area contributed by atoms with Crippen LogP contribution in [0.5, 0.6) is 5.88 Å². The fraction of sp³-hybridized carbons (Fsp3) is 0.500. The van der Waals surface area contributed by atoms with E-state index >= 15 is 0 Å². The van der Waals surface area contributed by atoms with Gasteiger partial charge in [0.25, 0.3) is 0 Å². The lowest BCUT2D eigenvalue weighted by Crippen LogP contribution is -2.45. The number of nitrogens with one attached hydrogen (secondary N) is 2. The molecule has 24 heavy (non-hydrogen) atoms. The molecule has 0 radical (unpaired) electrons. The molecule has 0 unspecified atom stereocenters. The summed E-state index contributed by atoms with van der Waals surface area (Å²) in [6.45, 7) is 0.107. The Morgan fingerprint density at radius 1 is 1.38 bits per heavy atom. The van der Waals surface area contributed by atoms with Crippen LogP contribution in [-0.4, -0.2) is 40.8 Å². The molecule has 1 aromatic rings. The molecule has 1 aliphatic rings. The molecule has 8 nitrogen and oxygen atoms in total. The molecule has 3 N–H and O–H groups in total. The first kappa shape index (κ1) is 17.5. The predicted octanol–water partition coefficient (Wildman–Crippen LogP) is 1.42. The van der Waals surface area contributed by atoms with Crippen molar-refractivity contribution in [1.82, 2.24) is 15.6 Å². The van der Waals surface area contributed by atoms with Crippen LogP contribution in [0.4, 0.5) is 4.79 Å². The normalized spacial score (nSPS) is 19.8. The lowest BCUT2D eigenvalue weighted by molar-refractivity contribution is -0.136. The van der Waals surface area contributed by atoms with Gasteiger partial charge in [-0.2, -0.15) is 5.26 Å². The van der Waals surface area contributed by atoms with E-state index in [0.29, 0.717) is 11.4 Å². The lowest BCUT2D eigenvalue weighted by Gasteiger charge is -2.29. The van der Waals surface area contributed by atoms with Crippen LogP contribution < -0.4 is 15.4 Å². The van der Waals surface area contributed by atoms with Crippen LogP contribution in [0, 0.1) is 11.3 Å². The molecule has 1 heterocycles. The minimum absolute atomic E-state index is 0.0277. The standard InChI is InChI=1S/C16H20N4O4/c17-10-11-2-1-8-18-15(11)24-13-5-3-12(4-6-13)20-16(23)19-9-7-14(21)22/h1-2,8,12-13H,3-7,9H2,(H,21,22)(H2,19,20,23). The second-order valence-corrected chi connectivity index (χ2v) is 5.60. The molecule has 0 spiro atoms. The van der Waals surface area contributed by atoms with Crippen LogP contribution in [0.1, 0.15) is 37.7 Å². The van der Waals surface area contributed by atoms with E-state index in [0.717, 1.165) is 25.7 Å². The Hall–Kier alpha value is -2.82. The number of carboxylic acids is 1. The number of rotatable bonds is 6. The summed E-state index contributed by atoms with van der Waals surface area (Å²) in [6.07, 6.45) is 4.48. The molecule has 128 valence electrons. The lowest BCUT2D eigenvalue weighted by atomic mass is 9.93. The maximum atomic E-state index is 11.7. The third kappa shape index (κ3) is 5.43. The molecule has 1 aromatic heterocycles. The number of carboxylic acid groups (broad SMARTS) is 1. The molecule has 0 aromatic carbocycles. The zero-order valence-corrected chi connectivity index (χ0v) is 13.2. The van der Waals surface area contributed by atoms with Crippen LogP contribution >= 0.6 is 0 Å². The van der Waals surface area contributed by atoms with Crippen LogP contribution in [0.25, 0.3) is 0 Å². The van der Waals surface area contributed by atoms with Crippen molar-refractivity contribution < 1.29 is 19.4 Å². The van der Waals surface area contributed by atoms with Gasteiger partial charge in [-0.1, -0.05) is 0 Å². The Morgan fingerprint density at radius 3 is 2.79 bits per heavy atom. The Labute approximate surface area is 139 Å². The second kappa shape index (κ2) is 8.72. The number of aromatic nitrogens is 1. The Morgan fingerprint density at radius 2 is 2.12 bits per heavy atom. The van der Waals surface area contributed by atoms with E-state index in [9.17, 15) is 9.59 Å². The number of amides is 2. The third-order valence-corrected chi connectivity index (χ3v) is 3.80. The van der Waals surface area contributed by atoms with E-state index in [2.05, 4.69) is 21.7 Å². The zero-order chi connectivity index (χ0) is 17.4. The summed E-state index contributed by atoms with van der Waals surface area (Å²) >= 11 is 0. The minimum atomic E-state index is -0.945. The average molecular weight is 332 g/mol. The zero-order valence-electron chi connectivity index (χ0n) is 13.2. The summed E-state index contributed by atoms with van der Waals surface area (Å²) < 4.78 is 5.79. The van der Waals surface area contributed by atoms with Gasteiger partial charge >= 0.3 is 12.0 Å². The highest BCUT2D eigenvalue weighted by Gasteiger charge is 2.24. The summed E-state index contributed by atoms with van der Waals surface area (Å²) in [5.41, 5.74) is 0.413. The summed E-state index contributed by atoms with van der Waals surface area (Å²) in [5.74, 6) is -0.595. The average Bonchev–Trinajstić information content (AvgIpc) is 2.57. The van der Waals surface area contributed by atoms with Gasteiger partial charge in [0, 0.05) is 18.8 Å². The molecule has 1 saturated carbocycles. The fourth-order valence-electron chi connectivity index (χ4n) is 2.57. The molecule has 0 bridgehead atoms. The van der Waals surface area contributed by atoms with Crippen LogP contribution in [0.2, 0.25) is 0 Å². The van der Waals surface area contributed by atoms with Crippen LogP contribution in [0.3, 0.4) is 0 Å². The summed E-state index contributed by atoms with van der Waals surface area (Å²) in [6, 6.07) is 5.09. The molecule has 1 aliphatic carbocycles. The van der Waals surface area contributed by atoms with E-state index in [1.807, 2.05) is 0 Å². The summed E-state index contributed by atoms with van der Waals surface area (Å²) in [7, 11) is 0. The number of urea groups is 1. The number of nitrogens with zero attached hydrogens (tertiary/aromatic N) is 2. The smallest absolute Gasteiger partial charge is 0.315 e. The van der Waals surface area contributed by atoms with Gasteiger partial charge in [0.1, 0.15) is 17.7 Å². The maximum absolute atomic E-state index is 11.7. The number of carbonyl (C=O) groups excluding carboxylic acids is 1. The highest BCUT2D eigenvalue weighted by Crippen LogP contribution is 2.24. The van der Waals surface area contributed by atoms with Gasteiger partial charge in [-0.3, -0.25) is 4.79 Å². The van der Waals surface area contributed by atoms with Crippen LogP contribution in [-0.2, 0) is 4.79 Å². The SMILES string of the molecule is N#Cc1cccnc1OC1CCC(NC(=O)NCCC(=O)O)CC1. The van der Waals surface area contributed by atoms with E-state index in [1.54, 1.807) is 18.3 Å². The van der Waals surface area contributed by atoms with Crippen molar-refractivity contribution in [2.24, 2.45) is 0 Å². The number of pyridine rings is 1. The van der Waals surface area contributed by atoms with E-state index in [-0.39, 0.29) is 31.1 Å². The predicted molar refractivity (Wildman–Crippen MR) is 84.4 cm³/mol. The number of hydrogen-bond donors (Lipinski definition) is 3. The van der Waals surface area contributed by atoms with Gasteiger partial charge < -0.3 is 20.5 Å². The number of hydrogen-bond acceptors (Lipinski definition) is 5. The van der Waals surface area contributed by atoms with Crippen molar-refractivity contribution in [3.05, 3.63) is 23.9 Å². The number of aliphatic carboxylic acids is 1. The quantitative estimate of drug-likeness (QED) is 0.723. The number of nitriles is 1. The van der Waals surface area contributed by atoms with Crippen molar-refractivity contribution in [3.8, 4) is 11.9 Å². The Kier molecular flexibility index (Phi) is 6.37. The topological polar surface area (TPSA) is 124 Å². The Bertz CT molecular complexity index is 621. The molecule has 2 rings (SSSR count). The van der Waals surface area contributed by atoms with Crippen molar-refractivity contribution in [2.75, 3.05) is 6.54 Å². The maximum Gasteiger partial charge on any atom is 0.315 e. The monoisotopic (exact) mass is 332 g/mol. The number of ether oxygens (including phenoxy) is 1. The van der Waals surface area contributed by atoms with Gasteiger partial charge in [-0.25, -0.2) is 9.78 Å². The summed E-state index contributed by atoms with van der Waals surface area (Å²) in [4.78, 5) is 26.1. The Balaban J connectivity index is 1.72. The first-order valence-electron chi connectivity index (χ1n) is 7.86. The molecule has 0 saturated heterocycles. The van der Waals surface area contributed by atoms with Gasteiger partial charge in [0.05, 0.1) is 6.42 Å². The molecular formula is C16H20N4O4. The summed E-state index contributed by atoms with van der Waals surface area (Å²) in [5, 5.41) is 22.9. The fourth-order valence-corrected chi connectivity index (χ4v) is 2.57. The molecule has 8 heteroatoms. The molecular weight excluding hydrogens is 312 g/mol. The van der Waals surface area contributed by atoms with E-state index in [1.165, 1.54) is 0 Å². The van der Waals surface area contributed by atoms with Crippen molar-refractivity contribution in [2.45, 2.75) is 44.2 Å². The highest BCUT2D eigenvalue weighted by atomic mass is 16.5. The van der Waals surface area contributed by atoms with Gasteiger partial charge in [-0.05, 0) is 37.8 Å². The molecule has 0 atom stereocenters. The van der Waals surface area contributed by atoms with E-state index in [4.69, 9.17) is 15.1 Å². The van der Waals surface area contributed by atoms with Crippen molar-refractivity contribution >= 4 is 12.0 Å². The van der Waals surface area contributed by atoms with Gasteiger partial charge in [0.2, 0.25) is 5.88 Å². The van der Waals surface area contributed by atoms with Crippen molar-refractivity contribution in [1.29, 1.82) is 5.26 Å². The number of carbonyl (C=O) groups is 2. The van der Waals surface area contributed by atoms with Crippen molar-refractivity contribution in [3.63, 3.8) is 0 Å².